The van der Waals surface area contributed by atoms with Crippen LogP contribution in [-0.4, -0.2) is 110 Å². The summed E-state index contributed by atoms with van der Waals surface area (Å²) in [5, 5.41) is 17.7. The molecule has 0 spiro atoms. The maximum atomic E-state index is 15.8. The number of piperazine rings is 1. The van der Waals surface area contributed by atoms with Gasteiger partial charge in [-0.3, -0.25) is 19.7 Å². The first-order chi connectivity index (χ1) is 37.5. The highest BCUT2D eigenvalue weighted by Gasteiger charge is 2.47. The Bertz CT molecular complexity index is 3490. The molecule has 3 saturated heterocycles. The lowest BCUT2D eigenvalue weighted by Gasteiger charge is -2.30. The van der Waals surface area contributed by atoms with Gasteiger partial charge in [-0.15, -0.1) is 0 Å². The molecule has 4 aliphatic heterocycles. The first kappa shape index (κ1) is 52.5. The van der Waals surface area contributed by atoms with E-state index in [2.05, 4.69) is 25.8 Å². The first-order valence-corrected chi connectivity index (χ1v) is 26.4. The number of nitrogens with one attached hydrogen (secondary N) is 3. The smallest absolute Gasteiger partial charge is 0.417 e. The SMILES string of the molecule is CO[C@@H](C)COc1nc(N2C[C@@H]3C[C@H]2CN3)c2cc(C(F)(F)F)c(-c3c(Cl)c(F)cc4[nH]ncc34)c(OCc3ccc(C4=C[N+]([C@H](C(=O)N5CCC[C@H]5C(=O)N[C@@H](C)c5ccc(-c6cccnc6)cc5)C(C)C)=N4)cc3)c2n1. The van der Waals surface area contributed by atoms with E-state index in [1.165, 1.54) is 13.3 Å². The van der Waals surface area contributed by atoms with Crippen LogP contribution in [0.3, 0.4) is 0 Å². The fourth-order valence-electron chi connectivity index (χ4n) is 11.0. The van der Waals surface area contributed by atoms with Crippen LogP contribution in [-0.2, 0) is 27.1 Å². The minimum absolute atomic E-state index is 0.00105. The number of amides is 2. The van der Waals surface area contributed by atoms with Crippen molar-refractivity contribution in [3.8, 4) is 34.0 Å². The normalized spacial score (nSPS) is 19.2. The Balaban J connectivity index is 0.858. The highest BCUT2D eigenvalue weighted by Crippen LogP contribution is 2.52. The Morgan fingerprint density at radius 2 is 1.72 bits per heavy atom. The number of rotatable bonds is 17. The topological polar surface area (TPSA) is 175 Å². The zero-order chi connectivity index (χ0) is 54.6. The quantitative estimate of drug-likeness (QED) is 0.0585. The van der Waals surface area contributed by atoms with E-state index in [0.717, 1.165) is 35.2 Å². The summed E-state index contributed by atoms with van der Waals surface area (Å²) in [5.41, 5.74) is 3.00. The maximum Gasteiger partial charge on any atom is 0.417 e. The molecule has 3 N–H and O–H groups in total. The number of pyridine rings is 1. The number of benzene rings is 4. The zero-order valence-corrected chi connectivity index (χ0v) is 44.2. The minimum atomic E-state index is -5.01. The van der Waals surface area contributed by atoms with Crippen molar-refractivity contribution in [3.05, 3.63) is 131 Å². The van der Waals surface area contributed by atoms with Crippen LogP contribution in [0.1, 0.15) is 75.3 Å². The lowest BCUT2D eigenvalue weighted by atomic mass is 9.93. The van der Waals surface area contributed by atoms with Crippen molar-refractivity contribution in [1.82, 2.24) is 40.7 Å². The Morgan fingerprint density at radius 3 is 2.40 bits per heavy atom. The average Bonchev–Trinajstić information content (AvgIpc) is 4.38. The number of carbonyl (C=O) groups is 2. The number of azo groups is 2. The number of fused-ring (bicyclic) bond motifs is 4. The highest BCUT2D eigenvalue weighted by molar-refractivity contribution is 6.35. The molecule has 2 bridgehead atoms. The third-order valence-corrected chi connectivity index (χ3v) is 15.5. The number of hydrogen-bond acceptors (Lipinski definition) is 12. The third-order valence-electron chi connectivity index (χ3n) is 15.2. The minimum Gasteiger partial charge on any atom is -0.486 e. The van der Waals surface area contributed by atoms with E-state index in [-0.39, 0.29) is 100 Å². The molecule has 2 amide bonds. The van der Waals surface area contributed by atoms with E-state index < -0.39 is 40.2 Å². The van der Waals surface area contributed by atoms with Crippen LogP contribution in [0.2, 0.25) is 5.02 Å². The molecule has 6 atom stereocenters. The summed E-state index contributed by atoms with van der Waals surface area (Å²) in [5.74, 6) is -1.61. The van der Waals surface area contributed by atoms with Gasteiger partial charge in [0.05, 0.1) is 34.4 Å². The van der Waals surface area contributed by atoms with E-state index in [4.69, 9.17) is 40.9 Å². The molecule has 4 aliphatic rings. The molecular weight excluding hydrogens is 1030 g/mol. The van der Waals surface area contributed by atoms with Crippen LogP contribution in [0.15, 0.2) is 103 Å². The monoisotopic (exact) mass is 1090 g/mol. The number of ether oxygens (including phenoxy) is 3. The van der Waals surface area contributed by atoms with Gasteiger partial charge in [0.25, 0.3) is 11.9 Å². The average molecular weight is 1090 g/mol. The fraction of sp³-hybridized carbons (Fsp3) is 0.368. The first-order valence-electron chi connectivity index (χ1n) is 26.0. The number of H-pyrrole nitrogens is 1. The Kier molecular flexibility index (Phi) is 14.4. The number of halogens is 5. The van der Waals surface area contributed by atoms with Gasteiger partial charge < -0.3 is 34.6 Å². The Morgan fingerprint density at radius 1 is 0.949 bits per heavy atom. The van der Waals surface area contributed by atoms with Crippen molar-refractivity contribution in [2.24, 2.45) is 11.0 Å². The summed E-state index contributed by atoms with van der Waals surface area (Å²) >= 11 is 6.69. The van der Waals surface area contributed by atoms with Gasteiger partial charge in [0.1, 0.15) is 36.4 Å². The Labute approximate surface area is 451 Å². The van der Waals surface area contributed by atoms with E-state index in [1.54, 1.807) is 59.4 Å². The number of hydrogen-bond donors (Lipinski definition) is 3. The van der Waals surface area contributed by atoms with Crippen molar-refractivity contribution in [2.75, 3.05) is 38.3 Å². The number of alkyl halides is 3. The number of anilines is 1. The summed E-state index contributed by atoms with van der Waals surface area (Å²) < 4.78 is 82.7. The predicted molar refractivity (Wildman–Crippen MR) is 285 cm³/mol. The molecule has 21 heteroatoms. The molecular formula is C57H57ClF4N11O5+. The van der Waals surface area contributed by atoms with Gasteiger partial charge in [0.2, 0.25) is 17.8 Å². The molecule has 0 aliphatic carbocycles. The van der Waals surface area contributed by atoms with Crippen LogP contribution in [0.4, 0.5) is 23.4 Å². The molecule has 0 radical (unpaired) electrons. The zero-order valence-electron chi connectivity index (χ0n) is 43.4. The van der Waals surface area contributed by atoms with Gasteiger partial charge >= 0.3 is 12.2 Å². The van der Waals surface area contributed by atoms with Crippen LogP contribution < -0.4 is 25.0 Å². The van der Waals surface area contributed by atoms with Crippen LogP contribution in [0.5, 0.6) is 11.8 Å². The molecule has 3 fully saturated rings. The molecule has 7 heterocycles. The summed E-state index contributed by atoms with van der Waals surface area (Å²) in [4.78, 5) is 45.5. The maximum absolute atomic E-state index is 15.8. The number of likely N-dealkylation sites (tertiary alicyclic amines) is 1. The number of aromatic amines is 1. The van der Waals surface area contributed by atoms with E-state index in [0.29, 0.717) is 49.3 Å². The largest absolute Gasteiger partial charge is 0.486 e. The fourth-order valence-corrected chi connectivity index (χ4v) is 11.2. The van der Waals surface area contributed by atoms with Gasteiger partial charge in [-0.1, -0.05) is 84.7 Å². The van der Waals surface area contributed by atoms with Gasteiger partial charge in [0, 0.05) is 95.8 Å². The van der Waals surface area contributed by atoms with Gasteiger partial charge in [-0.05, 0) is 67.5 Å². The summed E-state index contributed by atoms with van der Waals surface area (Å²) in [6.45, 7) is 8.91. The highest BCUT2D eigenvalue weighted by atomic mass is 35.5. The van der Waals surface area contributed by atoms with Crippen molar-refractivity contribution in [2.45, 2.75) is 96.1 Å². The van der Waals surface area contributed by atoms with Crippen LogP contribution in [0, 0.1) is 11.7 Å². The molecule has 7 aromatic rings. The number of nitrogens with zero attached hydrogens (tertiary/aromatic N) is 8. The summed E-state index contributed by atoms with van der Waals surface area (Å²) in [6.07, 6.45) is 3.23. The van der Waals surface area contributed by atoms with E-state index in [1.807, 2.05) is 62.1 Å². The summed E-state index contributed by atoms with van der Waals surface area (Å²) in [6, 6.07) is 19.4. The van der Waals surface area contributed by atoms with Gasteiger partial charge in [-0.2, -0.15) is 28.2 Å². The second-order valence-electron chi connectivity index (χ2n) is 20.7. The standard InChI is InChI=1S/C57H56ClF4N11O5/c1-30(2)51(55(75)71-19-7-9-46(71)54(74)66-32(4)34-14-16-35(17-15-34)37-8-6-18-63-23-37)73-27-45(70-73)36-12-10-33(11-13-36)29-77-52-48(47-41-25-65-69-44(41)22-43(59)49(47)58)42(57(60,61)62)21-40-50(52)67-56(78-28-31(3)76-5)68-53(40)72-26-38-20-39(72)24-64-38/h6,8,10-18,21-23,25,27,30-32,38-39,46,51,64H,7,9,19-20,24,26,28-29H2,1-5H3,(H-,65,66,67,68,69,74)/p+1/t31-,32-,38-,39-,46-,51-/m0/s1. The second-order valence-corrected chi connectivity index (χ2v) is 21.1. The third kappa shape index (κ3) is 10.1. The molecule has 16 nitrogen and oxygen atoms in total. The summed E-state index contributed by atoms with van der Waals surface area (Å²) in [7, 11) is 1.53. The van der Waals surface area contributed by atoms with Crippen LogP contribution >= 0.6 is 11.6 Å². The molecule has 404 valence electrons. The molecule has 11 rings (SSSR count). The van der Waals surface area contributed by atoms with Crippen molar-refractivity contribution >= 4 is 56.7 Å². The second kappa shape index (κ2) is 21.4. The molecule has 0 saturated carbocycles. The van der Waals surface area contributed by atoms with Crippen molar-refractivity contribution < 1.29 is 46.1 Å². The predicted octanol–water partition coefficient (Wildman–Crippen LogP) is 10.3. The molecule has 3 aromatic heterocycles. The number of aromatic nitrogens is 5. The lowest BCUT2D eigenvalue weighted by Crippen LogP contribution is -2.53. The molecule has 0 unspecified atom stereocenters. The van der Waals surface area contributed by atoms with Crippen LogP contribution in [0.25, 0.3) is 49.8 Å². The molecule has 4 aromatic carbocycles. The lowest BCUT2D eigenvalue weighted by molar-refractivity contribution is -0.570. The van der Waals surface area contributed by atoms with E-state index >= 15 is 17.6 Å². The van der Waals surface area contributed by atoms with Crippen molar-refractivity contribution in [1.29, 1.82) is 0 Å². The van der Waals surface area contributed by atoms with Crippen molar-refractivity contribution in [3.63, 3.8) is 0 Å². The van der Waals surface area contributed by atoms with Gasteiger partial charge in [0.15, 0.2) is 5.75 Å². The van der Waals surface area contributed by atoms with E-state index in [9.17, 15) is 9.59 Å². The molecule has 78 heavy (non-hydrogen) atoms. The number of carbonyl (C=O) groups excluding carboxylic acids is 2. The number of methoxy groups -OCH3 is 1. The van der Waals surface area contributed by atoms with Gasteiger partial charge in [-0.25, -0.2) is 4.39 Å². The Hall–Kier alpha value is -7.55.